The topological polar surface area (TPSA) is 44.1 Å². The van der Waals surface area contributed by atoms with E-state index in [1.54, 1.807) is 23.7 Å². The number of amides is 1. The maximum atomic E-state index is 11.7. The standard InChI is InChI=1S/C10H18N2OS/c1-8(2)9(7-11)10(13)12(3)5-6-14-4/h8-9H,5-6H2,1-4H3. The minimum Gasteiger partial charge on any atom is -0.344 e. The molecule has 0 N–H and O–H groups in total. The molecule has 0 radical (unpaired) electrons. The molecule has 14 heavy (non-hydrogen) atoms. The summed E-state index contributed by atoms with van der Waals surface area (Å²) in [4.78, 5) is 13.4. The summed E-state index contributed by atoms with van der Waals surface area (Å²) in [6, 6.07) is 2.06. The Bertz CT molecular complexity index is 223. The number of carbonyl (C=O) groups is 1. The fourth-order valence-corrected chi connectivity index (χ4v) is 1.52. The number of rotatable bonds is 5. The van der Waals surface area contributed by atoms with Crippen LogP contribution in [0.2, 0.25) is 0 Å². The zero-order valence-corrected chi connectivity index (χ0v) is 10.1. The van der Waals surface area contributed by atoms with Crippen LogP contribution in [0.5, 0.6) is 0 Å². The van der Waals surface area contributed by atoms with Crippen LogP contribution in [0.4, 0.5) is 0 Å². The zero-order chi connectivity index (χ0) is 11.1. The molecule has 3 nitrogen and oxygen atoms in total. The van der Waals surface area contributed by atoms with Crippen LogP contribution < -0.4 is 0 Å². The molecule has 0 heterocycles. The van der Waals surface area contributed by atoms with E-state index in [4.69, 9.17) is 5.26 Å². The molecular weight excluding hydrogens is 196 g/mol. The van der Waals surface area contributed by atoms with Crippen LogP contribution in [0.3, 0.4) is 0 Å². The van der Waals surface area contributed by atoms with Gasteiger partial charge < -0.3 is 4.90 Å². The lowest BCUT2D eigenvalue weighted by atomic mass is 9.96. The average Bonchev–Trinajstić information content (AvgIpc) is 2.14. The predicted octanol–water partition coefficient (Wildman–Crippen LogP) is 1.60. The molecule has 1 unspecified atom stereocenters. The molecule has 0 rings (SSSR count). The first-order valence-corrected chi connectivity index (χ1v) is 6.07. The molecular formula is C10H18N2OS. The van der Waals surface area contributed by atoms with Crippen LogP contribution in [-0.4, -0.2) is 36.4 Å². The highest BCUT2D eigenvalue weighted by molar-refractivity contribution is 7.98. The number of hydrogen-bond acceptors (Lipinski definition) is 3. The van der Waals surface area contributed by atoms with E-state index < -0.39 is 5.92 Å². The van der Waals surface area contributed by atoms with Gasteiger partial charge in [-0.05, 0) is 12.2 Å². The van der Waals surface area contributed by atoms with Gasteiger partial charge in [0.15, 0.2) is 0 Å². The van der Waals surface area contributed by atoms with Crippen molar-refractivity contribution in [1.29, 1.82) is 5.26 Å². The quantitative estimate of drug-likeness (QED) is 0.698. The Labute approximate surface area is 90.5 Å². The molecule has 0 saturated carbocycles. The Morgan fingerprint density at radius 3 is 2.50 bits per heavy atom. The highest BCUT2D eigenvalue weighted by atomic mass is 32.2. The van der Waals surface area contributed by atoms with E-state index in [0.29, 0.717) is 6.54 Å². The molecule has 0 fully saturated rings. The monoisotopic (exact) mass is 214 g/mol. The summed E-state index contributed by atoms with van der Waals surface area (Å²) in [7, 11) is 1.76. The third kappa shape index (κ3) is 4.01. The molecule has 0 aromatic carbocycles. The van der Waals surface area contributed by atoms with E-state index in [-0.39, 0.29) is 11.8 Å². The van der Waals surface area contributed by atoms with Crippen molar-refractivity contribution in [2.45, 2.75) is 13.8 Å². The fourth-order valence-electron chi connectivity index (χ4n) is 1.07. The highest BCUT2D eigenvalue weighted by Crippen LogP contribution is 2.12. The first-order valence-electron chi connectivity index (χ1n) is 4.68. The third-order valence-electron chi connectivity index (χ3n) is 2.08. The van der Waals surface area contributed by atoms with E-state index >= 15 is 0 Å². The van der Waals surface area contributed by atoms with Gasteiger partial charge in [0.2, 0.25) is 5.91 Å². The Kier molecular flexibility index (Phi) is 6.39. The van der Waals surface area contributed by atoms with E-state index in [1.807, 2.05) is 20.1 Å². The summed E-state index contributed by atoms with van der Waals surface area (Å²) in [6.45, 7) is 4.51. The van der Waals surface area contributed by atoms with Crippen molar-refractivity contribution in [2.24, 2.45) is 11.8 Å². The van der Waals surface area contributed by atoms with Gasteiger partial charge in [-0.3, -0.25) is 4.79 Å². The second-order valence-electron chi connectivity index (χ2n) is 3.60. The van der Waals surface area contributed by atoms with Gasteiger partial charge in [-0.25, -0.2) is 0 Å². The molecule has 0 aromatic heterocycles. The van der Waals surface area contributed by atoms with Crippen LogP contribution in [0.1, 0.15) is 13.8 Å². The molecule has 0 spiro atoms. The molecule has 0 bridgehead atoms. The minimum absolute atomic E-state index is 0.0587. The van der Waals surface area contributed by atoms with Gasteiger partial charge in [0.05, 0.1) is 6.07 Å². The Hall–Kier alpha value is -0.690. The van der Waals surface area contributed by atoms with E-state index in [9.17, 15) is 4.79 Å². The second kappa shape index (κ2) is 6.72. The fraction of sp³-hybridized carbons (Fsp3) is 0.800. The van der Waals surface area contributed by atoms with Gasteiger partial charge in [-0.1, -0.05) is 13.8 Å². The summed E-state index contributed by atoms with van der Waals surface area (Å²) in [5.41, 5.74) is 0. The normalized spacial score (nSPS) is 12.3. The highest BCUT2D eigenvalue weighted by Gasteiger charge is 2.24. The van der Waals surface area contributed by atoms with Crippen LogP contribution in [-0.2, 0) is 4.79 Å². The first kappa shape index (κ1) is 13.3. The van der Waals surface area contributed by atoms with Crippen LogP contribution in [0.25, 0.3) is 0 Å². The van der Waals surface area contributed by atoms with Crippen LogP contribution in [0.15, 0.2) is 0 Å². The minimum atomic E-state index is -0.498. The van der Waals surface area contributed by atoms with Crippen molar-refractivity contribution in [2.75, 3.05) is 25.6 Å². The summed E-state index contributed by atoms with van der Waals surface area (Å²) in [5, 5.41) is 8.84. The van der Waals surface area contributed by atoms with E-state index in [0.717, 1.165) is 5.75 Å². The average molecular weight is 214 g/mol. The molecule has 0 aliphatic carbocycles. The van der Waals surface area contributed by atoms with Crippen molar-refractivity contribution < 1.29 is 4.79 Å². The summed E-state index contributed by atoms with van der Waals surface area (Å²) in [6.07, 6.45) is 2.00. The number of carbonyl (C=O) groups excluding carboxylic acids is 1. The van der Waals surface area contributed by atoms with Crippen LogP contribution >= 0.6 is 11.8 Å². The SMILES string of the molecule is CSCCN(C)C(=O)C(C#N)C(C)C. The van der Waals surface area contributed by atoms with E-state index in [1.165, 1.54) is 0 Å². The largest absolute Gasteiger partial charge is 0.344 e. The Balaban J connectivity index is 4.22. The van der Waals surface area contributed by atoms with Gasteiger partial charge in [-0.15, -0.1) is 0 Å². The maximum absolute atomic E-state index is 11.7. The van der Waals surface area contributed by atoms with Gasteiger partial charge >= 0.3 is 0 Å². The smallest absolute Gasteiger partial charge is 0.239 e. The van der Waals surface area contributed by atoms with Gasteiger partial charge in [0.1, 0.15) is 5.92 Å². The summed E-state index contributed by atoms with van der Waals surface area (Å²) in [5.74, 6) is 0.445. The lowest BCUT2D eigenvalue weighted by Crippen LogP contribution is -2.36. The predicted molar refractivity (Wildman–Crippen MR) is 60.0 cm³/mol. The van der Waals surface area contributed by atoms with Gasteiger partial charge in [0, 0.05) is 19.3 Å². The van der Waals surface area contributed by atoms with Gasteiger partial charge in [0.25, 0.3) is 0 Å². The molecule has 0 saturated heterocycles. The third-order valence-corrected chi connectivity index (χ3v) is 2.67. The number of nitrogens with zero attached hydrogens (tertiary/aromatic N) is 2. The molecule has 0 aromatic rings. The number of hydrogen-bond donors (Lipinski definition) is 0. The maximum Gasteiger partial charge on any atom is 0.239 e. The number of thioether (sulfide) groups is 1. The summed E-state index contributed by atoms with van der Waals surface area (Å²) < 4.78 is 0. The summed E-state index contributed by atoms with van der Waals surface area (Å²) >= 11 is 1.70. The van der Waals surface area contributed by atoms with Gasteiger partial charge in [-0.2, -0.15) is 17.0 Å². The molecule has 1 atom stereocenters. The van der Waals surface area contributed by atoms with Crippen molar-refractivity contribution in [3.05, 3.63) is 0 Å². The first-order chi connectivity index (χ1) is 6.54. The molecule has 1 amide bonds. The van der Waals surface area contributed by atoms with E-state index in [2.05, 4.69) is 6.07 Å². The second-order valence-corrected chi connectivity index (χ2v) is 4.59. The Morgan fingerprint density at radius 1 is 1.57 bits per heavy atom. The Morgan fingerprint density at radius 2 is 2.14 bits per heavy atom. The van der Waals surface area contributed by atoms with Crippen molar-refractivity contribution in [3.63, 3.8) is 0 Å². The molecule has 80 valence electrons. The van der Waals surface area contributed by atoms with Crippen molar-refractivity contribution in [1.82, 2.24) is 4.90 Å². The zero-order valence-electron chi connectivity index (χ0n) is 9.28. The van der Waals surface area contributed by atoms with Crippen LogP contribution in [0, 0.1) is 23.2 Å². The number of nitriles is 1. The van der Waals surface area contributed by atoms with Crippen molar-refractivity contribution >= 4 is 17.7 Å². The molecule has 0 aliphatic rings. The molecule has 0 aliphatic heterocycles. The van der Waals surface area contributed by atoms with Crippen molar-refractivity contribution in [3.8, 4) is 6.07 Å². The molecule has 4 heteroatoms. The lowest BCUT2D eigenvalue weighted by molar-refractivity contribution is -0.133. The lowest BCUT2D eigenvalue weighted by Gasteiger charge is -2.21.